The van der Waals surface area contributed by atoms with Crippen molar-refractivity contribution in [1.29, 1.82) is 0 Å². The summed E-state index contributed by atoms with van der Waals surface area (Å²) < 4.78 is 33.7. The highest BCUT2D eigenvalue weighted by Gasteiger charge is 2.21. The standard InChI is InChI=1S/C43H78NO9P/c1-6-8-10-11-12-13-14-18-22-25-28-31-35-43(47)53-41(39-52-54(48,49)51-37-36-44(3,4)5)38-50-42(46)34-30-27-24-21-19-16-15-17-20-23-26-29-33-40(45)32-9-7-2/h15-16,20-21,23-24,29,33,40-41,45H,6-14,17-19,22,25-28,30-32,34-39H2,1-5H3/b16-15-,23-20-,24-21-,33-29-/t40-,41+/m0/s1. The second-order valence-electron chi connectivity index (χ2n) is 15.2. The molecule has 0 amide bonds. The topological polar surface area (TPSA) is 131 Å². The van der Waals surface area contributed by atoms with Crippen molar-refractivity contribution in [3.8, 4) is 0 Å². The molecule has 0 aromatic carbocycles. The van der Waals surface area contributed by atoms with Crippen LogP contribution in [0, 0.1) is 0 Å². The zero-order chi connectivity index (χ0) is 40.2. The summed E-state index contributed by atoms with van der Waals surface area (Å²) in [5.41, 5.74) is 0. The lowest BCUT2D eigenvalue weighted by molar-refractivity contribution is -0.870. The second-order valence-corrected chi connectivity index (χ2v) is 16.6. The number of likely N-dealkylation sites (N-methyl/N-ethyl adjacent to an activating group) is 1. The number of allylic oxidation sites excluding steroid dienone is 7. The van der Waals surface area contributed by atoms with Gasteiger partial charge in [-0.05, 0) is 44.9 Å². The second kappa shape index (κ2) is 35.4. The number of esters is 2. The molecule has 0 saturated heterocycles. The van der Waals surface area contributed by atoms with Crippen LogP contribution < -0.4 is 4.89 Å². The van der Waals surface area contributed by atoms with E-state index in [-0.39, 0.29) is 32.2 Å². The first-order valence-corrected chi connectivity index (χ1v) is 22.4. The highest BCUT2D eigenvalue weighted by Crippen LogP contribution is 2.38. The molecule has 0 aliphatic rings. The number of rotatable bonds is 37. The number of quaternary nitrogens is 1. The molecular formula is C43H78NO9P. The third-order valence-electron chi connectivity index (χ3n) is 8.67. The highest BCUT2D eigenvalue weighted by atomic mass is 31.2. The lowest BCUT2D eigenvalue weighted by Crippen LogP contribution is -2.37. The van der Waals surface area contributed by atoms with E-state index in [0.717, 1.165) is 57.8 Å². The third kappa shape index (κ3) is 38.2. The van der Waals surface area contributed by atoms with Crippen molar-refractivity contribution in [3.63, 3.8) is 0 Å². The van der Waals surface area contributed by atoms with E-state index in [4.69, 9.17) is 18.5 Å². The molecule has 314 valence electrons. The highest BCUT2D eigenvalue weighted by molar-refractivity contribution is 7.45. The van der Waals surface area contributed by atoms with Gasteiger partial charge in [0.25, 0.3) is 7.82 Å². The van der Waals surface area contributed by atoms with Crippen molar-refractivity contribution in [3.05, 3.63) is 48.6 Å². The van der Waals surface area contributed by atoms with Crippen molar-refractivity contribution in [1.82, 2.24) is 0 Å². The van der Waals surface area contributed by atoms with Crippen LogP contribution in [0.3, 0.4) is 0 Å². The summed E-state index contributed by atoms with van der Waals surface area (Å²) in [7, 11) is 1.11. The summed E-state index contributed by atoms with van der Waals surface area (Å²) in [4.78, 5) is 37.4. The number of aliphatic hydroxyl groups excluding tert-OH is 1. The average Bonchev–Trinajstić information content (AvgIpc) is 3.11. The van der Waals surface area contributed by atoms with Crippen LogP contribution in [0.2, 0.25) is 0 Å². The summed E-state index contributed by atoms with van der Waals surface area (Å²) >= 11 is 0. The Labute approximate surface area is 329 Å². The smallest absolute Gasteiger partial charge is 0.306 e. The summed E-state index contributed by atoms with van der Waals surface area (Å²) in [6.07, 6.45) is 36.2. The van der Waals surface area contributed by atoms with Crippen molar-refractivity contribution >= 4 is 19.8 Å². The van der Waals surface area contributed by atoms with Gasteiger partial charge in [-0.25, -0.2) is 0 Å². The van der Waals surface area contributed by atoms with Crippen molar-refractivity contribution in [2.45, 2.75) is 167 Å². The molecule has 0 saturated carbocycles. The molecule has 1 N–H and O–H groups in total. The third-order valence-corrected chi connectivity index (χ3v) is 9.64. The summed E-state index contributed by atoms with van der Waals surface area (Å²) in [6, 6.07) is 0. The van der Waals surface area contributed by atoms with Gasteiger partial charge in [-0.2, -0.15) is 0 Å². The van der Waals surface area contributed by atoms with Crippen LogP contribution in [0.1, 0.15) is 155 Å². The van der Waals surface area contributed by atoms with Gasteiger partial charge in [0.15, 0.2) is 6.10 Å². The molecule has 0 rings (SSSR count). The Balaban J connectivity index is 4.50. The number of phosphoric ester groups is 1. The molecule has 0 aliphatic heterocycles. The van der Waals surface area contributed by atoms with Gasteiger partial charge in [0.2, 0.25) is 0 Å². The monoisotopic (exact) mass is 784 g/mol. The number of unbranched alkanes of at least 4 members (excludes halogenated alkanes) is 13. The van der Waals surface area contributed by atoms with Gasteiger partial charge in [-0.3, -0.25) is 14.2 Å². The molecular weight excluding hydrogens is 705 g/mol. The van der Waals surface area contributed by atoms with Crippen LogP contribution >= 0.6 is 7.82 Å². The van der Waals surface area contributed by atoms with Crippen molar-refractivity contribution in [2.24, 2.45) is 0 Å². The molecule has 54 heavy (non-hydrogen) atoms. The lowest BCUT2D eigenvalue weighted by Gasteiger charge is -2.28. The fourth-order valence-corrected chi connectivity index (χ4v) is 6.04. The van der Waals surface area contributed by atoms with Gasteiger partial charge in [-0.1, -0.05) is 146 Å². The first-order valence-electron chi connectivity index (χ1n) is 20.9. The molecule has 0 heterocycles. The van der Waals surface area contributed by atoms with E-state index in [1.54, 1.807) is 0 Å². The van der Waals surface area contributed by atoms with Crippen LogP contribution in [0.25, 0.3) is 0 Å². The molecule has 3 atom stereocenters. The maximum Gasteiger partial charge on any atom is 0.306 e. The molecule has 0 aromatic heterocycles. The van der Waals surface area contributed by atoms with Crippen molar-refractivity contribution < 1.29 is 47.2 Å². The molecule has 1 unspecified atom stereocenters. The van der Waals surface area contributed by atoms with Gasteiger partial charge in [0, 0.05) is 12.8 Å². The Morgan fingerprint density at radius 2 is 1.19 bits per heavy atom. The zero-order valence-electron chi connectivity index (χ0n) is 34.8. The molecule has 0 radical (unpaired) electrons. The Bertz CT molecular complexity index is 1080. The summed E-state index contributed by atoms with van der Waals surface area (Å²) in [6.45, 7) is 3.97. The van der Waals surface area contributed by atoms with E-state index >= 15 is 0 Å². The number of aliphatic hydroxyl groups is 1. The van der Waals surface area contributed by atoms with E-state index in [9.17, 15) is 24.2 Å². The fourth-order valence-electron chi connectivity index (χ4n) is 5.31. The molecule has 0 fully saturated rings. The molecule has 11 heteroatoms. The SMILES string of the molecule is CCCCCCCCCCCCCCC(=O)O[C@H](COC(=O)CCC/C=C\C/C=C\C/C=C\C/C=C\[C@@H](O)CCCC)COP(=O)([O-])OCC[N+](C)(C)C. The number of ether oxygens (including phenoxy) is 2. The lowest BCUT2D eigenvalue weighted by atomic mass is 10.0. The Kier molecular flexibility index (Phi) is 34.0. The average molecular weight is 784 g/mol. The predicted octanol–water partition coefficient (Wildman–Crippen LogP) is 9.86. The normalized spacial score (nSPS) is 14.7. The molecule has 10 nitrogen and oxygen atoms in total. The Morgan fingerprint density at radius 1 is 0.667 bits per heavy atom. The number of nitrogens with zero attached hydrogens (tertiary/aromatic N) is 1. The van der Waals surface area contributed by atoms with Crippen molar-refractivity contribution in [2.75, 3.05) is 47.5 Å². The molecule has 0 bridgehead atoms. The van der Waals surface area contributed by atoms with Crippen LogP contribution in [0.15, 0.2) is 48.6 Å². The minimum absolute atomic E-state index is 0.0465. The minimum Gasteiger partial charge on any atom is -0.756 e. The van der Waals surface area contributed by atoms with E-state index in [2.05, 4.69) is 44.2 Å². The fraction of sp³-hybridized carbons (Fsp3) is 0.767. The number of carbonyl (C=O) groups is 2. The van der Waals surface area contributed by atoms with Gasteiger partial charge in [-0.15, -0.1) is 0 Å². The molecule has 0 spiro atoms. The summed E-state index contributed by atoms with van der Waals surface area (Å²) in [5, 5.41) is 9.81. The Morgan fingerprint density at radius 3 is 1.76 bits per heavy atom. The number of hydrogen-bond acceptors (Lipinski definition) is 9. The number of carbonyl (C=O) groups excluding carboxylic acids is 2. The maximum atomic E-state index is 12.6. The quantitative estimate of drug-likeness (QED) is 0.0215. The van der Waals surface area contributed by atoms with E-state index in [1.807, 2.05) is 39.4 Å². The minimum atomic E-state index is -4.64. The number of hydrogen-bond donors (Lipinski definition) is 1. The van der Waals surface area contributed by atoms with Crippen LogP contribution in [0.5, 0.6) is 0 Å². The number of phosphoric acid groups is 1. The van der Waals surface area contributed by atoms with E-state index in [0.29, 0.717) is 30.3 Å². The van der Waals surface area contributed by atoms with Gasteiger partial charge in [0.05, 0.1) is 33.9 Å². The first-order chi connectivity index (χ1) is 25.9. The zero-order valence-corrected chi connectivity index (χ0v) is 35.7. The van der Waals surface area contributed by atoms with Gasteiger partial charge >= 0.3 is 11.9 Å². The summed E-state index contributed by atoms with van der Waals surface area (Å²) in [5.74, 6) is -0.924. The largest absolute Gasteiger partial charge is 0.756 e. The first kappa shape index (κ1) is 51.9. The molecule has 0 aliphatic carbocycles. The van der Waals surface area contributed by atoms with Gasteiger partial charge < -0.3 is 33.0 Å². The predicted molar refractivity (Wildman–Crippen MR) is 219 cm³/mol. The molecule has 0 aromatic rings. The van der Waals surface area contributed by atoms with E-state index in [1.165, 1.54) is 51.4 Å². The maximum absolute atomic E-state index is 12.6. The van der Waals surface area contributed by atoms with Crippen LogP contribution in [-0.2, 0) is 32.7 Å². The Hall–Kier alpha value is -2.07. The van der Waals surface area contributed by atoms with Gasteiger partial charge in [0.1, 0.15) is 19.8 Å². The van der Waals surface area contributed by atoms with E-state index < -0.39 is 32.5 Å². The van der Waals surface area contributed by atoms with Crippen LogP contribution in [-0.4, -0.2) is 81.2 Å². The van der Waals surface area contributed by atoms with Crippen LogP contribution in [0.4, 0.5) is 0 Å².